The van der Waals surface area contributed by atoms with Crippen molar-refractivity contribution < 1.29 is 4.39 Å². The summed E-state index contributed by atoms with van der Waals surface area (Å²) < 4.78 is 15.1. The molecule has 0 nitrogen and oxygen atoms in total. The smallest absolute Gasteiger partial charge is 0.146 e. The Morgan fingerprint density at radius 1 is 0.857 bits per heavy atom. The van der Waals surface area contributed by atoms with Gasteiger partial charge in [0.25, 0.3) is 0 Å². The highest BCUT2D eigenvalue weighted by Crippen LogP contribution is 2.34. The highest BCUT2D eigenvalue weighted by molar-refractivity contribution is 5.85. The minimum absolute atomic E-state index is 0.230. The van der Waals surface area contributed by atoms with Crippen molar-refractivity contribution >= 4 is 10.8 Å². The van der Waals surface area contributed by atoms with Crippen LogP contribution in [-0.4, -0.2) is 0 Å². The number of unbranched alkanes of at least 4 members (excludes halogenated alkanes) is 1. The summed E-state index contributed by atoms with van der Waals surface area (Å²) in [6.07, 6.45) is 16.1. The van der Waals surface area contributed by atoms with Crippen LogP contribution in [0, 0.1) is 29.5 Å². The summed E-state index contributed by atoms with van der Waals surface area (Å²) in [7, 11) is 0. The molecule has 0 saturated heterocycles. The average Bonchev–Trinajstić information content (AvgIpc) is 2.90. The zero-order chi connectivity index (χ0) is 24.5. The molecule has 0 amide bonds. The summed E-state index contributed by atoms with van der Waals surface area (Å²) in [5.41, 5.74) is 3.97. The van der Waals surface area contributed by atoms with E-state index < -0.39 is 0 Å². The van der Waals surface area contributed by atoms with E-state index in [4.69, 9.17) is 0 Å². The molecule has 1 saturated carbocycles. The molecule has 0 spiro atoms. The Kier molecular flexibility index (Phi) is 9.19. The number of aryl methyl sites for hydroxylation is 2. The van der Waals surface area contributed by atoms with Gasteiger partial charge in [0.05, 0.1) is 5.56 Å². The van der Waals surface area contributed by atoms with Crippen LogP contribution < -0.4 is 0 Å². The van der Waals surface area contributed by atoms with E-state index in [0.717, 1.165) is 42.0 Å². The Morgan fingerprint density at radius 3 is 2.29 bits per heavy atom. The molecular weight excluding hydrogens is 427 g/mol. The van der Waals surface area contributed by atoms with Gasteiger partial charge < -0.3 is 0 Å². The van der Waals surface area contributed by atoms with Crippen molar-refractivity contribution in [3.05, 3.63) is 95.3 Å². The maximum Gasteiger partial charge on any atom is 0.146 e. The van der Waals surface area contributed by atoms with E-state index in [-0.39, 0.29) is 5.82 Å². The molecule has 0 N–H and O–H groups in total. The van der Waals surface area contributed by atoms with Crippen LogP contribution in [0.4, 0.5) is 4.39 Å². The molecule has 0 radical (unpaired) electrons. The first kappa shape index (κ1) is 25.2. The molecule has 0 aliphatic heterocycles. The van der Waals surface area contributed by atoms with Crippen LogP contribution in [-0.2, 0) is 12.8 Å². The van der Waals surface area contributed by atoms with E-state index in [1.165, 1.54) is 62.5 Å². The molecule has 3 aromatic rings. The van der Waals surface area contributed by atoms with Crippen LogP contribution in [0.15, 0.2) is 67.3 Å². The number of benzene rings is 3. The Labute approximate surface area is 211 Å². The summed E-state index contributed by atoms with van der Waals surface area (Å²) in [6.45, 7) is 6.07. The van der Waals surface area contributed by atoms with Gasteiger partial charge in [0, 0.05) is 10.9 Å². The van der Waals surface area contributed by atoms with Gasteiger partial charge in [-0.05, 0) is 72.2 Å². The molecule has 0 bridgehead atoms. The predicted octanol–water partition coefficient (Wildman–Crippen LogP) is 9.43. The van der Waals surface area contributed by atoms with Gasteiger partial charge in [0.2, 0.25) is 0 Å². The van der Waals surface area contributed by atoms with E-state index >= 15 is 4.39 Å². The lowest BCUT2D eigenvalue weighted by Gasteiger charge is -2.28. The number of hydrogen-bond donors (Lipinski definition) is 0. The Hall–Kier alpha value is -2.85. The lowest BCUT2D eigenvalue weighted by Crippen LogP contribution is -2.15. The molecule has 1 aliphatic carbocycles. The monoisotopic (exact) mass is 466 g/mol. The van der Waals surface area contributed by atoms with Crippen molar-refractivity contribution in [1.29, 1.82) is 0 Å². The number of allylic oxidation sites excluding steroid dienone is 1. The topological polar surface area (TPSA) is 0 Å². The third kappa shape index (κ3) is 7.08. The summed E-state index contributed by atoms with van der Waals surface area (Å²) >= 11 is 0. The second kappa shape index (κ2) is 12.7. The molecule has 0 heterocycles. The molecule has 0 atom stereocenters. The molecule has 1 fully saturated rings. The summed E-state index contributed by atoms with van der Waals surface area (Å²) in [5, 5.41) is 1.56. The van der Waals surface area contributed by atoms with E-state index in [9.17, 15) is 0 Å². The molecule has 4 rings (SSSR count). The first-order valence-corrected chi connectivity index (χ1v) is 13.6. The molecular formula is C34H39F. The average molecular weight is 467 g/mol. The molecule has 182 valence electrons. The van der Waals surface area contributed by atoms with E-state index in [2.05, 4.69) is 55.7 Å². The van der Waals surface area contributed by atoms with Crippen LogP contribution in [0.2, 0.25) is 0 Å². The molecule has 0 aromatic heterocycles. The van der Waals surface area contributed by atoms with Crippen LogP contribution in [0.1, 0.15) is 87.0 Å². The summed E-state index contributed by atoms with van der Waals surface area (Å²) in [6, 6.07) is 18.3. The zero-order valence-electron chi connectivity index (χ0n) is 21.3. The highest BCUT2D eigenvalue weighted by atomic mass is 19.1. The first-order chi connectivity index (χ1) is 17.2. The van der Waals surface area contributed by atoms with E-state index in [1.807, 2.05) is 24.3 Å². The van der Waals surface area contributed by atoms with Gasteiger partial charge in [-0.3, -0.25) is 0 Å². The van der Waals surface area contributed by atoms with Gasteiger partial charge in [0.1, 0.15) is 5.82 Å². The van der Waals surface area contributed by atoms with Gasteiger partial charge in [-0.1, -0.05) is 106 Å². The standard InChI is InChI=1S/C34H39F/c1-3-5-7-26-9-11-27(12-10-26)13-14-28-15-17-29(18-16-28)19-21-31-22-23-32-25-30(8-6-4-2)20-24-33(32)34(31)35/h4,15-18,20,22-27H,2-3,5-14H2,1H3. The van der Waals surface area contributed by atoms with Crippen LogP contribution in [0.3, 0.4) is 0 Å². The molecule has 35 heavy (non-hydrogen) atoms. The second-order valence-corrected chi connectivity index (χ2v) is 10.3. The number of halogens is 1. The van der Waals surface area contributed by atoms with Gasteiger partial charge in [-0.25, -0.2) is 4.39 Å². The lowest BCUT2D eigenvalue weighted by molar-refractivity contribution is 0.250. The van der Waals surface area contributed by atoms with E-state index in [1.54, 1.807) is 6.07 Å². The highest BCUT2D eigenvalue weighted by Gasteiger charge is 2.20. The fraction of sp³-hybridized carbons (Fsp3) is 0.412. The second-order valence-electron chi connectivity index (χ2n) is 10.3. The fourth-order valence-corrected chi connectivity index (χ4v) is 5.43. The van der Waals surface area contributed by atoms with Gasteiger partial charge in [-0.15, -0.1) is 6.58 Å². The maximum atomic E-state index is 15.1. The molecule has 0 unspecified atom stereocenters. The van der Waals surface area contributed by atoms with Crippen molar-refractivity contribution in [2.75, 3.05) is 0 Å². The van der Waals surface area contributed by atoms with Gasteiger partial charge >= 0.3 is 0 Å². The van der Waals surface area contributed by atoms with Gasteiger partial charge in [-0.2, -0.15) is 0 Å². The minimum atomic E-state index is -0.230. The van der Waals surface area contributed by atoms with E-state index in [0.29, 0.717) is 10.9 Å². The SMILES string of the molecule is C=CCCc1ccc2c(F)c(C#Cc3ccc(CCC4CCC(CCCC)CC4)cc3)ccc2c1. The third-order valence-electron chi connectivity index (χ3n) is 7.72. The van der Waals surface area contributed by atoms with Gasteiger partial charge in [0.15, 0.2) is 0 Å². The Balaban J connectivity index is 1.33. The largest absolute Gasteiger partial charge is 0.205 e. The number of rotatable bonds is 9. The number of hydrogen-bond acceptors (Lipinski definition) is 0. The zero-order valence-corrected chi connectivity index (χ0v) is 21.3. The van der Waals surface area contributed by atoms with Crippen molar-refractivity contribution in [3.63, 3.8) is 0 Å². The summed E-state index contributed by atoms with van der Waals surface area (Å²) in [4.78, 5) is 0. The molecule has 1 aliphatic rings. The Morgan fingerprint density at radius 2 is 1.57 bits per heavy atom. The van der Waals surface area contributed by atoms with Crippen LogP contribution in [0.5, 0.6) is 0 Å². The summed E-state index contributed by atoms with van der Waals surface area (Å²) in [5.74, 6) is 7.86. The molecule has 1 heteroatoms. The predicted molar refractivity (Wildman–Crippen MR) is 148 cm³/mol. The maximum absolute atomic E-state index is 15.1. The third-order valence-corrected chi connectivity index (χ3v) is 7.72. The normalized spacial score (nSPS) is 17.7. The minimum Gasteiger partial charge on any atom is -0.205 e. The lowest BCUT2D eigenvalue weighted by atomic mass is 9.78. The van der Waals surface area contributed by atoms with Crippen molar-refractivity contribution in [2.45, 2.75) is 77.6 Å². The number of fused-ring (bicyclic) bond motifs is 1. The van der Waals surface area contributed by atoms with Crippen molar-refractivity contribution in [1.82, 2.24) is 0 Å². The van der Waals surface area contributed by atoms with Crippen molar-refractivity contribution in [2.24, 2.45) is 11.8 Å². The van der Waals surface area contributed by atoms with Crippen LogP contribution in [0.25, 0.3) is 10.8 Å². The van der Waals surface area contributed by atoms with Crippen LogP contribution >= 0.6 is 0 Å². The quantitative estimate of drug-likeness (QED) is 0.218. The Bertz CT molecular complexity index is 1170. The fourth-order valence-electron chi connectivity index (χ4n) is 5.43. The van der Waals surface area contributed by atoms with Crippen molar-refractivity contribution in [3.8, 4) is 11.8 Å². The first-order valence-electron chi connectivity index (χ1n) is 13.6. The molecule has 3 aromatic carbocycles.